The molecule has 0 aliphatic carbocycles. The lowest BCUT2D eigenvalue weighted by Crippen LogP contribution is -2.48. The molecule has 136 valence electrons. The van der Waals surface area contributed by atoms with E-state index in [0.717, 1.165) is 16.0 Å². The van der Waals surface area contributed by atoms with E-state index >= 15 is 0 Å². The standard InChI is InChI=1S/C21H22ClNO3/c1-21(2,3)26-20(25)23-18-11-7-10-17(22)16(18)13-15(19(23)24)12-14-8-5-4-6-9-14/h4-11,15H,12-13H2,1-3H3/t15-/m0/s1. The zero-order valence-electron chi connectivity index (χ0n) is 15.2. The van der Waals surface area contributed by atoms with Crippen LogP contribution in [0.3, 0.4) is 0 Å². The van der Waals surface area contributed by atoms with Crippen LogP contribution in [0.4, 0.5) is 10.5 Å². The lowest BCUT2D eigenvalue weighted by Gasteiger charge is -2.34. The van der Waals surface area contributed by atoms with Gasteiger partial charge in [-0.1, -0.05) is 48.0 Å². The molecule has 1 heterocycles. The van der Waals surface area contributed by atoms with Crippen LogP contribution >= 0.6 is 11.6 Å². The van der Waals surface area contributed by atoms with Gasteiger partial charge in [-0.15, -0.1) is 0 Å². The van der Waals surface area contributed by atoms with Gasteiger partial charge in [0.2, 0.25) is 5.91 Å². The Hall–Kier alpha value is -2.33. The minimum Gasteiger partial charge on any atom is -0.443 e. The molecule has 26 heavy (non-hydrogen) atoms. The van der Waals surface area contributed by atoms with Gasteiger partial charge in [0.1, 0.15) is 5.60 Å². The molecule has 1 aliphatic rings. The summed E-state index contributed by atoms with van der Waals surface area (Å²) in [5.74, 6) is -0.616. The minimum atomic E-state index is -0.692. The minimum absolute atomic E-state index is 0.252. The van der Waals surface area contributed by atoms with Crippen molar-refractivity contribution in [3.8, 4) is 0 Å². The number of hydrogen-bond acceptors (Lipinski definition) is 3. The number of amides is 2. The van der Waals surface area contributed by atoms with Gasteiger partial charge in [-0.2, -0.15) is 0 Å². The Labute approximate surface area is 158 Å². The molecule has 2 aromatic rings. The monoisotopic (exact) mass is 371 g/mol. The van der Waals surface area contributed by atoms with Crippen LogP contribution in [0.15, 0.2) is 48.5 Å². The Morgan fingerprint density at radius 3 is 2.50 bits per heavy atom. The average molecular weight is 372 g/mol. The lowest BCUT2D eigenvalue weighted by atomic mass is 9.87. The highest BCUT2D eigenvalue weighted by molar-refractivity contribution is 6.32. The van der Waals surface area contributed by atoms with Crippen molar-refractivity contribution in [3.63, 3.8) is 0 Å². The lowest BCUT2D eigenvalue weighted by molar-refractivity contribution is -0.122. The summed E-state index contributed by atoms with van der Waals surface area (Å²) in [6.45, 7) is 5.33. The number of carbonyl (C=O) groups excluding carboxylic acids is 2. The van der Waals surface area contributed by atoms with Crippen LogP contribution in [-0.2, 0) is 22.4 Å². The highest BCUT2D eigenvalue weighted by Gasteiger charge is 2.39. The Kier molecular flexibility index (Phi) is 5.05. The third-order valence-electron chi connectivity index (χ3n) is 4.26. The number of anilines is 1. The summed E-state index contributed by atoms with van der Waals surface area (Å²) in [6, 6.07) is 15.0. The van der Waals surface area contributed by atoms with Crippen LogP contribution in [0.25, 0.3) is 0 Å². The average Bonchev–Trinajstić information content (AvgIpc) is 2.55. The molecule has 5 heteroatoms. The number of rotatable bonds is 2. The zero-order chi connectivity index (χ0) is 18.9. The highest BCUT2D eigenvalue weighted by atomic mass is 35.5. The maximum absolute atomic E-state index is 13.1. The van der Waals surface area contributed by atoms with Gasteiger partial charge < -0.3 is 4.74 Å². The molecular formula is C21H22ClNO3. The third kappa shape index (κ3) is 3.91. The third-order valence-corrected chi connectivity index (χ3v) is 4.61. The predicted octanol–water partition coefficient (Wildman–Crippen LogP) is 5.02. The zero-order valence-corrected chi connectivity index (χ0v) is 15.9. The summed E-state index contributed by atoms with van der Waals surface area (Å²) in [7, 11) is 0. The van der Waals surface area contributed by atoms with Crippen molar-refractivity contribution < 1.29 is 14.3 Å². The van der Waals surface area contributed by atoms with Crippen molar-refractivity contribution in [3.05, 3.63) is 64.7 Å². The first-order valence-corrected chi connectivity index (χ1v) is 9.02. The smallest absolute Gasteiger partial charge is 0.421 e. The summed E-state index contributed by atoms with van der Waals surface area (Å²) in [5.41, 5.74) is 1.68. The molecular weight excluding hydrogens is 350 g/mol. The molecule has 0 saturated heterocycles. The number of benzene rings is 2. The first-order valence-electron chi connectivity index (χ1n) is 8.64. The van der Waals surface area contributed by atoms with Crippen LogP contribution in [-0.4, -0.2) is 17.6 Å². The highest BCUT2D eigenvalue weighted by Crippen LogP contribution is 2.37. The van der Waals surface area contributed by atoms with E-state index in [2.05, 4.69) is 0 Å². The summed E-state index contributed by atoms with van der Waals surface area (Å²) in [6.07, 6.45) is 0.384. The largest absolute Gasteiger partial charge is 0.443 e. The van der Waals surface area contributed by atoms with Gasteiger partial charge in [0.05, 0.1) is 5.69 Å². The number of imide groups is 1. The van der Waals surface area contributed by atoms with Crippen LogP contribution in [0.5, 0.6) is 0 Å². The second-order valence-electron chi connectivity index (χ2n) is 7.48. The molecule has 0 saturated carbocycles. The fraction of sp³-hybridized carbons (Fsp3) is 0.333. The molecule has 0 N–H and O–H groups in total. The Bertz CT molecular complexity index is 827. The quantitative estimate of drug-likeness (QED) is 0.744. The van der Waals surface area contributed by atoms with Crippen molar-refractivity contribution in [2.24, 2.45) is 5.92 Å². The Morgan fingerprint density at radius 2 is 1.85 bits per heavy atom. The van der Waals surface area contributed by atoms with Gasteiger partial charge in [0.25, 0.3) is 0 Å². The molecule has 0 unspecified atom stereocenters. The van der Waals surface area contributed by atoms with Crippen molar-refractivity contribution in [2.75, 3.05) is 4.90 Å². The molecule has 0 aromatic heterocycles. The van der Waals surface area contributed by atoms with Gasteiger partial charge in [0, 0.05) is 10.9 Å². The van der Waals surface area contributed by atoms with E-state index in [9.17, 15) is 9.59 Å². The number of halogens is 1. The van der Waals surface area contributed by atoms with E-state index in [0.29, 0.717) is 23.6 Å². The van der Waals surface area contributed by atoms with Gasteiger partial charge in [-0.05, 0) is 56.9 Å². The number of fused-ring (bicyclic) bond motifs is 1. The van der Waals surface area contributed by atoms with E-state index in [-0.39, 0.29) is 11.8 Å². The van der Waals surface area contributed by atoms with Gasteiger partial charge in [-0.3, -0.25) is 4.79 Å². The fourth-order valence-corrected chi connectivity index (χ4v) is 3.39. The molecule has 4 nitrogen and oxygen atoms in total. The Morgan fingerprint density at radius 1 is 1.15 bits per heavy atom. The molecule has 1 aliphatic heterocycles. The summed E-state index contributed by atoms with van der Waals surface area (Å²) >= 11 is 6.37. The topological polar surface area (TPSA) is 46.6 Å². The van der Waals surface area contributed by atoms with Crippen molar-refractivity contribution in [1.82, 2.24) is 0 Å². The molecule has 0 bridgehead atoms. The molecule has 0 spiro atoms. The summed E-state index contributed by atoms with van der Waals surface area (Å²) in [5, 5.41) is 0.557. The van der Waals surface area contributed by atoms with E-state index in [1.54, 1.807) is 39.0 Å². The maximum atomic E-state index is 13.1. The fourth-order valence-electron chi connectivity index (χ4n) is 3.15. The van der Waals surface area contributed by atoms with Gasteiger partial charge in [-0.25, -0.2) is 9.69 Å². The molecule has 3 rings (SSSR count). The van der Waals surface area contributed by atoms with Crippen molar-refractivity contribution >= 4 is 29.3 Å². The van der Waals surface area contributed by atoms with Crippen LogP contribution in [0, 0.1) is 5.92 Å². The SMILES string of the molecule is CC(C)(C)OC(=O)N1C(=O)[C@@H](Cc2ccccc2)Cc2c(Cl)cccc21. The van der Waals surface area contributed by atoms with Crippen LogP contribution < -0.4 is 4.90 Å². The number of carbonyl (C=O) groups is 2. The predicted molar refractivity (Wildman–Crippen MR) is 103 cm³/mol. The molecule has 2 amide bonds. The van der Waals surface area contributed by atoms with E-state index in [1.165, 1.54) is 0 Å². The molecule has 2 aromatic carbocycles. The normalized spacial score (nSPS) is 17.0. The van der Waals surface area contributed by atoms with Gasteiger partial charge in [0.15, 0.2) is 0 Å². The van der Waals surface area contributed by atoms with Gasteiger partial charge >= 0.3 is 6.09 Å². The van der Waals surface area contributed by atoms with Crippen LogP contribution in [0.2, 0.25) is 5.02 Å². The van der Waals surface area contributed by atoms with E-state index in [1.807, 2.05) is 30.3 Å². The molecule has 0 fully saturated rings. The van der Waals surface area contributed by atoms with Crippen molar-refractivity contribution in [1.29, 1.82) is 0 Å². The van der Waals surface area contributed by atoms with E-state index < -0.39 is 11.7 Å². The second-order valence-corrected chi connectivity index (χ2v) is 7.89. The summed E-state index contributed by atoms with van der Waals surface area (Å²) in [4.78, 5) is 27.0. The second kappa shape index (κ2) is 7.12. The van der Waals surface area contributed by atoms with Crippen molar-refractivity contribution in [2.45, 2.75) is 39.2 Å². The molecule has 0 radical (unpaired) electrons. The first kappa shape index (κ1) is 18.5. The van der Waals surface area contributed by atoms with Crippen LogP contribution in [0.1, 0.15) is 31.9 Å². The number of nitrogens with zero attached hydrogens (tertiary/aromatic N) is 1. The van der Waals surface area contributed by atoms with E-state index in [4.69, 9.17) is 16.3 Å². The summed E-state index contributed by atoms with van der Waals surface area (Å²) < 4.78 is 5.47. The number of ether oxygens (including phenoxy) is 1. The Balaban J connectivity index is 1.98. The first-order chi connectivity index (χ1) is 12.3. The number of hydrogen-bond donors (Lipinski definition) is 0. The maximum Gasteiger partial charge on any atom is 0.421 e. The molecule has 1 atom stereocenters.